The van der Waals surface area contributed by atoms with Crippen LogP contribution in [0.15, 0.2) is 41.4 Å². The minimum Gasteiger partial charge on any atom is -0.476 e. The van der Waals surface area contributed by atoms with Gasteiger partial charge in [0.1, 0.15) is 0 Å². The fourth-order valence-electron chi connectivity index (χ4n) is 1.44. The highest BCUT2D eigenvalue weighted by Crippen LogP contribution is 2.22. The molecule has 0 aliphatic rings. The second-order valence-corrected chi connectivity index (χ2v) is 3.96. The third-order valence-electron chi connectivity index (χ3n) is 2.16. The van der Waals surface area contributed by atoms with Gasteiger partial charge in [-0.25, -0.2) is 9.48 Å². The SMILES string of the molecule is CSc1cnn(-c2ccccc2)c1C(=O)O. The minimum absolute atomic E-state index is 0.207. The largest absolute Gasteiger partial charge is 0.476 e. The van der Waals surface area contributed by atoms with Crippen molar-refractivity contribution in [3.63, 3.8) is 0 Å². The predicted octanol–water partition coefficient (Wildman–Crippen LogP) is 2.29. The predicted molar refractivity (Wildman–Crippen MR) is 62.3 cm³/mol. The Morgan fingerprint density at radius 3 is 2.62 bits per heavy atom. The van der Waals surface area contributed by atoms with Crippen molar-refractivity contribution >= 4 is 17.7 Å². The van der Waals surface area contributed by atoms with Crippen molar-refractivity contribution < 1.29 is 9.90 Å². The van der Waals surface area contributed by atoms with Crippen LogP contribution in [0.5, 0.6) is 0 Å². The number of aromatic nitrogens is 2. The average Bonchev–Trinajstić information content (AvgIpc) is 2.73. The molecule has 2 aromatic rings. The number of benzene rings is 1. The molecule has 1 aromatic heterocycles. The highest BCUT2D eigenvalue weighted by atomic mass is 32.2. The van der Waals surface area contributed by atoms with Crippen molar-refractivity contribution in [3.05, 3.63) is 42.2 Å². The summed E-state index contributed by atoms with van der Waals surface area (Å²) >= 11 is 1.38. The van der Waals surface area contributed by atoms with Gasteiger partial charge in [-0.05, 0) is 18.4 Å². The number of carboxylic acid groups (broad SMARTS) is 1. The van der Waals surface area contributed by atoms with Crippen LogP contribution in [0.2, 0.25) is 0 Å². The van der Waals surface area contributed by atoms with Crippen molar-refractivity contribution in [2.75, 3.05) is 6.26 Å². The molecule has 0 amide bonds. The van der Waals surface area contributed by atoms with Crippen LogP contribution in [0.25, 0.3) is 5.69 Å². The summed E-state index contributed by atoms with van der Waals surface area (Å²) < 4.78 is 1.44. The number of thioether (sulfide) groups is 1. The van der Waals surface area contributed by atoms with Crippen molar-refractivity contribution in [2.24, 2.45) is 0 Å². The molecule has 0 atom stereocenters. The van der Waals surface area contributed by atoms with Crippen molar-refractivity contribution in [3.8, 4) is 5.69 Å². The van der Waals surface area contributed by atoms with Gasteiger partial charge in [0.2, 0.25) is 0 Å². The first-order valence-corrected chi connectivity index (χ1v) is 5.87. The smallest absolute Gasteiger partial charge is 0.355 e. The topological polar surface area (TPSA) is 55.1 Å². The number of carboxylic acids is 1. The summed E-state index contributed by atoms with van der Waals surface area (Å²) in [6.07, 6.45) is 3.40. The van der Waals surface area contributed by atoms with Crippen LogP contribution < -0.4 is 0 Å². The van der Waals surface area contributed by atoms with Gasteiger partial charge >= 0.3 is 5.97 Å². The van der Waals surface area contributed by atoms with Gasteiger partial charge in [0, 0.05) is 0 Å². The van der Waals surface area contributed by atoms with E-state index >= 15 is 0 Å². The Bertz CT molecular complexity index is 508. The van der Waals surface area contributed by atoms with E-state index in [1.807, 2.05) is 36.6 Å². The summed E-state index contributed by atoms with van der Waals surface area (Å²) in [7, 11) is 0. The first-order chi connectivity index (χ1) is 7.74. The summed E-state index contributed by atoms with van der Waals surface area (Å²) in [6.45, 7) is 0. The first kappa shape index (κ1) is 10.8. The van der Waals surface area contributed by atoms with E-state index in [2.05, 4.69) is 5.10 Å². The van der Waals surface area contributed by atoms with E-state index in [-0.39, 0.29) is 5.69 Å². The molecule has 0 saturated carbocycles. The third-order valence-corrected chi connectivity index (χ3v) is 2.90. The van der Waals surface area contributed by atoms with Crippen molar-refractivity contribution in [1.82, 2.24) is 9.78 Å². The Kier molecular flexibility index (Phi) is 2.96. The lowest BCUT2D eigenvalue weighted by molar-refractivity contribution is 0.0683. The van der Waals surface area contributed by atoms with Crippen molar-refractivity contribution in [2.45, 2.75) is 4.90 Å². The van der Waals surface area contributed by atoms with Crippen LogP contribution >= 0.6 is 11.8 Å². The molecule has 0 bridgehead atoms. The lowest BCUT2D eigenvalue weighted by atomic mass is 10.3. The van der Waals surface area contributed by atoms with E-state index in [4.69, 9.17) is 5.11 Å². The molecular weight excluding hydrogens is 224 g/mol. The molecule has 16 heavy (non-hydrogen) atoms. The molecule has 1 N–H and O–H groups in total. The summed E-state index contributed by atoms with van der Waals surface area (Å²) in [4.78, 5) is 11.8. The number of hydrogen-bond acceptors (Lipinski definition) is 3. The Balaban J connectivity index is 2.58. The molecule has 0 aliphatic carbocycles. The van der Waals surface area contributed by atoms with Gasteiger partial charge in [-0.2, -0.15) is 5.10 Å². The third kappa shape index (κ3) is 1.81. The molecule has 4 nitrogen and oxygen atoms in total. The zero-order valence-corrected chi connectivity index (χ0v) is 9.44. The summed E-state index contributed by atoms with van der Waals surface area (Å²) in [6, 6.07) is 9.22. The van der Waals surface area contributed by atoms with Gasteiger partial charge in [-0.15, -0.1) is 11.8 Å². The maximum absolute atomic E-state index is 11.2. The maximum Gasteiger partial charge on any atom is 0.355 e. The van der Waals surface area contributed by atoms with E-state index < -0.39 is 5.97 Å². The summed E-state index contributed by atoms with van der Waals surface area (Å²) in [5.74, 6) is -0.967. The number of aromatic carboxylic acids is 1. The fourth-order valence-corrected chi connectivity index (χ4v) is 1.96. The van der Waals surface area contributed by atoms with E-state index in [1.54, 1.807) is 6.20 Å². The molecule has 1 aromatic carbocycles. The number of carbonyl (C=O) groups is 1. The van der Waals surface area contributed by atoms with Crippen LogP contribution in [-0.4, -0.2) is 27.1 Å². The van der Waals surface area contributed by atoms with Gasteiger partial charge in [0.25, 0.3) is 0 Å². The molecule has 0 radical (unpaired) electrons. The Morgan fingerprint density at radius 2 is 2.06 bits per heavy atom. The number of nitrogens with zero attached hydrogens (tertiary/aromatic N) is 2. The van der Waals surface area contributed by atoms with Crippen molar-refractivity contribution in [1.29, 1.82) is 0 Å². The van der Waals surface area contributed by atoms with E-state index in [0.29, 0.717) is 4.90 Å². The lowest BCUT2D eigenvalue weighted by Crippen LogP contribution is -2.08. The molecular formula is C11H10N2O2S. The van der Waals surface area contributed by atoms with E-state index in [9.17, 15) is 4.79 Å². The number of rotatable bonds is 3. The molecule has 82 valence electrons. The fraction of sp³-hybridized carbons (Fsp3) is 0.0909. The number of para-hydroxylation sites is 1. The quantitative estimate of drug-likeness (QED) is 0.828. The lowest BCUT2D eigenvalue weighted by Gasteiger charge is -2.04. The van der Waals surface area contributed by atoms with Crippen LogP contribution in [-0.2, 0) is 0 Å². The van der Waals surface area contributed by atoms with Gasteiger partial charge in [0.05, 0.1) is 16.8 Å². The number of hydrogen-bond donors (Lipinski definition) is 1. The Hall–Kier alpha value is -1.75. The molecule has 1 heterocycles. The normalized spacial score (nSPS) is 10.3. The highest BCUT2D eigenvalue weighted by Gasteiger charge is 2.17. The summed E-state index contributed by atoms with van der Waals surface area (Å²) in [5, 5.41) is 13.2. The standard InChI is InChI=1S/C11H10N2O2S/c1-16-9-7-12-13(10(9)11(14)15)8-5-3-2-4-6-8/h2-7H,1H3,(H,14,15). The van der Waals surface area contributed by atoms with Crippen LogP contribution in [0, 0.1) is 0 Å². The van der Waals surface area contributed by atoms with Gasteiger partial charge in [0.15, 0.2) is 5.69 Å². The van der Waals surface area contributed by atoms with E-state index in [1.165, 1.54) is 16.4 Å². The molecule has 2 rings (SSSR count). The maximum atomic E-state index is 11.2. The van der Waals surface area contributed by atoms with Gasteiger partial charge in [-0.1, -0.05) is 18.2 Å². The Morgan fingerprint density at radius 1 is 1.38 bits per heavy atom. The van der Waals surface area contributed by atoms with Gasteiger partial charge in [-0.3, -0.25) is 0 Å². The minimum atomic E-state index is -0.967. The van der Waals surface area contributed by atoms with Crippen LogP contribution in [0.3, 0.4) is 0 Å². The van der Waals surface area contributed by atoms with E-state index in [0.717, 1.165) is 5.69 Å². The molecule has 0 aliphatic heterocycles. The Labute approximate surface area is 96.9 Å². The molecule has 0 saturated heterocycles. The molecule has 0 spiro atoms. The van der Waals surface area contributed by atoms with Crippen LogP contribution in [0.1, 0.15) is 10.5 Å². The molecule has 5 heteroatoms. The second-order valence-electron chi connectivity index (χ2n) is 3.11. The average molecular weight is 234 g/mol. The second kappa shape index (κ2) is 4.40. The zero-order chi connectivity index (χ0) is 11.5. The monoisotopic (exact) mass is 234 g/mol. The van der Waals surface area contributed by atoms with Crippen LogP contribution in [0.4, 0.5) is 0 Å². The summed E-state index contributed by atoms with van der Waals surface area (Å²) in [5.41, 5.74) is 0.957. The first-order valence-electron chi connectivity index (χ1n) is 4.64. The molecule has 0 unspecified atom stereocenters. The molecule has 0 fully saturated rings. The highest BCUT2D eigenvalue weighted by molar-refractivity contribution is 7.98. The zero-order valence-electron chi connectivity index (χ0n) is 8.62. The van der Waals surface area contributed by atoms with Gasteiger partial charge < -0.3 is 5.11 Å².